The summed E-state index contributed by atoms with van der Waals surface area (Å²) in [6.07, 6.45) is 4.62. The molecule has 18 heavy (non-hydrogen) atoms. The van der Waals surface area contributed by atoms with Gasteiger partial charge in [-0.1, -0.05) is 36.2 Å². The molecule has 0 fully saturated rings. The molecule has 0 aliphatic carbocycles. The molecule has 0 heterocycles. The molecule has 0 aliphatic heterocycles. The number of halogens is 1. The lowest BCUT2D eigenvalue weighted by molar-refractivity contribution is 0.190. The van der Waals surface area contributed by atoms with Crippen LogP contribution in [0.5, 0.6) is 0 Å². The molecule has 3 heteroatoms. The standard InChI is InChI=1S/C15H24ClNO/c1-17-12-13(7-5-6-10-18-2)11-14-8-3-4-9-15(14)16/h3-4,8-9,13,17H,5-7,10-12H2,1-2H3. The maximum absolute atomic E-state index is 6.21. The van der Waals surface area contributed by atoms with Gasteiger partial charge in [0.25, 0.3) is 0 Å². The van der Waals surface area contributed by atoms with Crippen molar-refractivity contribution in [1.29, 1.82) is 0 Å². The van der Waals surface area contributed by atoms with E-state index in [1.54, 1.807) is 7.11 Å². The zero-order valence-electron chi connectivity index (χ0n) is 11.4. The topological polar surface area (TPSA) is 21.3 Å². The molecule has 0 spiro atoms. The summed E-state index contributed by atoms with van der Waals surface area (Å²) in [4.78, 5) is 0. The lowest BCUT2D eigenvalue weighted by Crippen LogP contribution is -2.21. The maximum atomic E-state index is 6.21. The van der Waals surface area contributed by atoms with E-state index < -0.39 is 0 Å². The first-order valence-electron chi connectivity index (χ1n) is 6.65. The smallest absolute Gasteiger partial charge is 0.0462 e. The van der Waals surface area contributed by atoms with E-state index in [2.05, 4.69) is 17.4 Å². The van der Waals surface area contributed by atoms with E-state index in [0.29, 0.717) is 5.92 Å². The Morgan fingerprint density at radius 3 is 2.72 bits per heavy atom. The second-order valence-corrected chi connectivity index (χ2v) is 5.12. The Kier molecular flexibility index (Phi) is 8.06. The highest BCUT2D eigenvalue weighted by Gasteiger charge is 2.10. The lowest BCUT2D eigenvalue weighted by Gasteiger charge is -2.17. The fourth-order valence-corrected chi connectivity index (χ4v) is 2.43. The third-order valence-electron chi connectivity index (χ3n) is 3.17. The van der Waals surface area contributed by atoms with Crippen LogP contribution >= 0.6 is 11.6 Å². The number of methoxy groups -OCH3 is 1. The van der Waals surface area contributed by atoms with Crippen LogP contribution in [0.4, 0.5) is 0 Å². The van der Waals surface area contributed by atoms with Crippen molar-refractivity contribution in [3.8, 4) is 0 Å². The zero-order valence-corrected chi connectivity index (χ0v) is 12.2. The van der Waals surface area contributed by atoms with E-state index in [0.717, 1.165) is 31.0 Å². The third kappa shape index (κ3) is 5.85. The molecule has 102 valence electrons. The van der Waals surface area contributed by atoms with Crippen LogP contribution in [-0.4, -0.2) is 27.3 Å². The van der Waals surface area contributed by atoms with Crippen LogP contribution < -0.4 is 5.32 Å². The van der Waals surface area contributed by atoms with Gasteiger partial charge in [-0.05, 0) is 50.4 Å². The van der Waals surface area contributed by atoms with Crippen molar-refractivity contribution in [1.82, 2.24) is 5.32 Å². The Balaban J connectivity index is 2.44. The predicted molar refractivity (Wildman–Crippen MR) is 78.3 cm³/mol. The maximum Gasteiger partial charge on any atom is 0.0462 e. The number of hydrogen-bond donors (Lipinski definition) is 1. The van der Waals surface area contributed by atoms with Gasteiger partial charge in [0.05, 0.1) is 0 Å². The van der Waals surface area contributed by atoms with Crippen LogP contribution in [0, 0.1) is 5.92 Å². The molecule has 1 atom stereocenters. The van der Waals surface area contributed by atoms with Crippen molar-refractivity contribution in [3.63, 3.8) is 0 Å². The number of hydrogen-bond acceptors (Lipinski definition) is 2. The Hall–Kier alpha value is -0.570. The molecule has 0 aliphatic rings. The average Bonchev–Trinajstić information content (AvgIpc) is 2.37. The lowest BCUT2D eigenvalue weighted by atomic mass is 9.94. The molecular formula is C15H24ClNO. The summed E-state index contributed by atoms with van der Waals surface area (Å²) in [5.74, 6) is 0.645. The number of nitrogens with one attached hydrogen (secondary N) is 1. The first kappa shape index (κ1) is 15.5. The third-order valence-corrected chi connectivity index (χ3v) is 3.54. The molecule has 2 nitrogen and oxygen atoms in total. The van der Waals surface area contributed by atoms with Gasteiger partial charge in [-0.2, -0.15) is 0 Å². The van der Waals surface area contributed by atoms with Crippen molar-refractivity contribution in [2.24, 2.45) is 5.92 Å². The van der Waals surface area contributed by atoms with Crippen LogP contribution in [0.2, 0.25) is 5.02 Å². The average molecular weight is 270 g/mol. The Morgan fingerprint density at radius 1 is 1.28 bits per heavy atom. The summed E-state index contributed by atoms with van der Waals surface area (Å²) in [5.41, 5.74) is 1.26. The molecule has 0 aromatic heterocycles. The minimum absolute atomic E-state index is 0.645. The van der Waals surface area contributed by atoms with Gasteiger partial charge in [0.1, 0.15) is 0 Å². The van der Waals surface area contributed by atoms with Crippen molar-refractivity contribution in [3.05, 3.63) is 34.9 Å². The molecule has 0 radical (unpaired) electrons. The first-order valence-corrected chi connectivity index (χ1v) is 7.02. The van der Waals surface area contributed by atoms with E-state index in [1.807, 2.05) is 19.2 Å². The van der Waals surface area contributed by atoms with E-state index in [4.69, 9.17) is 16.3 Å². The van der Waals surface area contributed by atoms with Crippen molar-refractivity contribution < 1.29 is 4.74 Å². The summed E-state index contributed by atoms with van der Waals surface area (Å²) < 4.78 is 5.08. The van der Waals surface area contributed by atoms with Crippen molar-refractivity contribution in [2.45, 2.75) is 25.7 Å². The predicted octanol–water partition coefficient (Wildman–Crippen LogP) is 3.53. The summed E-state index contributed by atoms with van der Waals surface area (Å²) in [6.45, 7) is 1.90. The van der Waals surface area contributed by atoms with Gasteiger partial charge in [0.15, 0.2) is 0 Å². The van der Waals surface area contributed by atoms with E-state index >= 15 is 0 Å². The number of ether oxygens (including phenoxy) is 1. The van der Waals surface area contributed by atoms with E-state index in [1.165, 1.54) is 18.4 Å². The fraction of sp³-hybridized carbons (Fsp3) is 0.600. The normalized spacial score (nSPS) is 12.6. The Morgan fingerprint density at radius 2 is 2.06 bits per heavy atom. The van der Waals surface area contributed by atoms with Gasteiger partial charge in [-0.25, -0.2) is 0 Å². The van der Waals surface area contributed by atoms with Crippen LogP contribution in [-0.2, 0) is 11.2 Å². The van der Waals surface area contributed by atoms with Crippen molar-refractivity contribution >= 4 is 11.6 Å². The van der Waals surface area contributed by atoms with Gasteiger partial charge in [0.2, 0.25) is 0 Å². The first-order chi connectivity index (χ1) is 8.77. The molecule has 1 unspecified atom stereocenters. The molecule has 1 rings (SSSR count). The van der Waals surface area contributed by atoms with Crippen LogP contribution in [0.3, 0.4) is 0 Å². The summed E-state index contributed by atoms with van der Waals surface area (Å²) in [7, 11) is 3.77. The van der Waals surface area contributed by atoms with Gasteiger partial charge in [0, 0.05) is 18.7 Å². The van der Waals surface area contributed by atoms with E-state index in [-0.39, 0.29) is 0 Å². The van der Waals surface area contributed by atoms with Crippen LogP contribution in [0.15, 0.2) is 24.3 Å². The van der Waals surface area contributed by atoms with Gasteiger partial charge >= 0.3 is 0 Å². The summed E-state index contributed by atoms with van der Waals surface area (Å²) in [5, 5.41) is 4.16. The second-order valence-electron chi connectivity index (χ2n) is 4.71. The number of rotatable bonds is 9. The zero-order chi connectivity index (χ0) is 13.2. The molecule has 0 saturated carbocycles. The van der Waals surface area contributed by atoms with Crippen molar-refractivity contribution in [2.75, 3.05) is 27.3 Å². The molecule has 0 bridgehead atoms. The molecule has 1 N–H and O–H groups in total. The minimum atomic E-state index is 0.645. The summed E-state index contributed by atoms with van der Waals surface area (Å²) in [6, 6.07) is 8.14. The van der Waals surface area contributed by atoms with Gasteiger partial charge in [-0.3, -0.25) is 0 Å². The number of benzene rings is 1. The molecule has 1 aromatic carbocycles. The SMILES string of the molecule is CNCC(CCCCOC)Cc1ccccc1Cl. The fourth-order valence-electron chi connectivity index (χ4n) is 2.22. The molecule has 0 amide bonds. The molecular weight excluding hydrogens is 246 g/mol. The van der Waals surface area contributed by atoms with Crippen LogP contribution in [0.25, 0.3) is 0 Å². The van der Waals surface area contributed by atoms with Crippen LogP contribution in [0.1, 0.15) is 24.8 Å². The number of unbranched alkanes of at least 4 members (excludes halogenated alkanes) is 1. The molecule has 0 saturated heterocycles. The monoisotopic (exact) mass is 269 g/mol. The Bertz CT molecular complexity index is 330. The largest absolute Gasteiger partial charge is 0.385 e. The second kappa shape index (κ2) is 9.37. The highest BCUT2D eigenvalue weighted by atomic mass is 35.5. The van der Waals surface area contributed by atoms with Gasteiger partial charge in [-0.15, -0.1) is 0 Å². The molecule has 1 aromatic rings. The van der Waals surface area contributed by atoms with E-state index in [9.17, 15) is 0 Å². The quantitative estimate of drug-likeness (QED) is 0.693. The highest BCUT2D eigenvalue weighted by molar-refractivity contribution is 6.31. The minimum Gasteiger partial charge on any atom is -0.385 e. The van der Waals surface area contributed by atoms with Gasteiger partial charge < -0.3 is 10.1 Å². The summed E-state index contributed by atoms with van der Waals surface area (Å²) >= 11 is 6.21. The Labute approximate surface area is 116 Å². The highest BCUT2D eigenvalue weighted by Crippen LogP contribution is 2.21.